The molecule has 7 nitrogen and oxygen atoms in total. The van der Waals surface area contributed by atoms with Crippen molar-refractivity contribution < 1.29 is 19.2 Å². The molecule has 0 unspecified atom stereocenters. The first-order valence-electron chi connectivity index (χ1n) is 7.46. The van der Waals surface area contributed by atoms with E-state index in [0.29, 0.717) is 10.8 Å². The van der Waals surface area contributed by atoms with Crippen LogP contribution in [0.2, 0.25) is 0 Å². The Morgan fingerprint density at radius 1 is 0.840 bits per heavy atom. The van der Waals surface area contributed by atoms with Crippen LogP contribution in [0.3, 0.4) is 0 Å². The largest absolute Gasteiger partial charge is 0.382 e. The first kappa shape index (κ1) is 14.8. The Balaban J connectivity index is 1.62. The summed E-state index contributed by atoms with van der Waals surface area (Å²) in [5.41, 5.74) is 1.17. The van der Waals surface area contributed by atoms with E-state index in [4.69, 9.17) is 4.84 Å². The molecule has 0 atom stereocenters. The minimum Gasteiger partial charge on any atom is -0.323 e. The molecule has 122 valence electrons. The van der Waals surface area contributed by atoms with Gasteiger partial charge in [0.2, 0.25) is 0 Å². The molecule has 1 aliphatic heterocycles. The van der Waals surface area contributed by atoms with Crippen LogP contribution >= 0.6 is 0 Å². The van der Waals surface area contributed by atoms with Crippen LogP contribution in [-0.2, 0) is 4.84 Å². The summed E-state index contributed by atoms with van der Waals surface area (Å²) in [6.07, 6.45) is 1.44. The van der Waals surface area contributed by atoms with Crippen molar-refractivity contribution >= 4 is 17.8 Å². The molecule has 0 N–H and O–H groups in total. The van der Waals surface area contributed by atoms with Gasteiger partial charge >= 0.3 is 5.97 Å². The molecular formula is C18H11N3O4. The predicted octanol–water partition coefficient (Wildman–Crippen LogP) is 2.24. The van der Waals surface area contributed by atoms with Gasteiger partial charge in [-0.2, -0.15) is 5.10 Å². The Morgan fingerprint density at radius 2 is 1.44 bits per heavy atom. The van der Waals surface area contributed by atoms with E-state index < -0.39 is 17.8 Å². The highest BCUT2D eigenvalue weighted by Gasteiger charge is 2.39. The van der Waals surface area contributed by atoms with Gasteiger partial charge in [-0.05, 0) is 30.3 Å². The molecule has 1 aliphatic rings. The van der Waals surface area contributed by atoms with Crippen LogP contribution in [0.15, 0.2) is 66.9 Å². The number of imide groups is 1. The number of hydrogen-bond donors (Lipinski definition) is 0. The first-order valence-corrected chi connectivity index (χ1v) is 7.46. The van der Waals surface area contributed by atoms with Gasteiger partial charge in [-0.1, -0.05) is 35.4 Å². The molecule has 0 bridgehead atoms. The Labute approximate surface area is 142 Å². The Morgan fingerprint density at radius 3 is 2.08 bits per heavy atom. The molecule has 2 aromatic carbocycles. The van der Waals surface area contributed by atoms with Crippen LogP contribution in [0, 0.1) is 0 Å². The number of carbonyl (C=O) groups excluding carboxylic acids is 3. The van der Waals surface area contributed by atoms with Gasteiger partial charge < -0.3 is 4.84 Å². The highest BCUT2D eigenvalue weighted by Crippen LogP contribution is 2.23. The summed E-state index contributed by atoms with van der Waals surface area (Å²) in [5, 5.41) is 4.57. The van der Waals surface area contributed by atoms with Crippen molar-refractivity contribution in [2.75, 3.05) is 0 Å². The second-order valence-electron chi connectivity index (χ2n) is 5.29. The smallest absolute Gasteiger partial charge is 0.323 e. The lowest BCUT2D eigenvalue weighted by Gasteiger charge is -2.13. The van der Waals surface area contributed by atoms with Crippen LogP contribution in [0.1, 0.15) is 31.2 Å². The van der Waals surface area contributed by atoms with E-state index in [9.17, 15) is 14.4 Å². The molecule has 3 aromatic rings. The van der Waals surface area contributed by atoms with Crippen molar-refractivity contribution in [3.05, 3.63) is 83.7 Å². The third-order valence-corrected chi connectivity index (χ3v) is 3.78. The summed E-state index contributed by atoms with van der Waals surface area (Å²) >= 11 is 0. The molecule has 0 saturated carbocycles. The SMILES string of the molecule is O=C(ON1C(=O)c2ccccc2C1=O)c1ccnn1-c1ccccc1. The average molecular weight is 333 g/mol. The van der Waals surface area contributed by atoms with Crippen molar-refractivity contribution in [2.45, 2.75) is 0 Å². The van der Waals surface area contributed by atoms with Crippen molar-refractivity contribution in [1.29, 1.82) is 0 Å². The summed E-state index contributed by atoms with van der Waals surface area (Å²) in [6.45, 7) is 0. The Kier molecular flexibility index (Phi) is 3.39. The zero-order valence-corrected chi connectivity index (χ0v) is 12.8. The average Bonchev–Trinajstić information content (AvgIpc) is 3.23. The molecule has 2 heterocycles. The van der Waals surface area contributed by atoms with E-state index in [-0.39, 0.29) is 16.8 Å². The van der Waals surface area contributed by atoms with Crippen LogP contribution in [0.25, 0.3) is 5.69 Å². The maximum absolute atomic E-state index is 12.5. The molecular weight excluding hydrogens is 322 g/mol. The third-order valence-electron chi connectivity index (χ3n) is 3.78. The van der Waals surface area contributed by atoms with E-state index in [1.807, 2.05) is 6.07 Å². The predicted molar refractivity (Wildman–Crippen MR) is 85.9 cm³/mol. The summed E-state index contributed by atoms with van der Waals surface area (Å²) in [7, 11) is 0. The number of para-hydroxylation sites is 1. The third kappa shape index (κ3) is 2.38. The number of hydroxylamine groups is 2. The maximum atomic E-state index is 12.5. The van der Waals surface area contributed by atoms with E-state index in [0.717, 1.165) is 0 Å². The Bertz CT molecular complexity index is 959. The fraction of sp³-hybridized carbons (Fsp3) is 0. The number of aromatic nitrogens is 2. The maximum Gasteiger partial charge on any atom is 0.382 e. The molecule has 1 aromatic heterocycles. The quantitative estimate of drug-likeness (QED) is 0.687. The fourth-order valence-corrected chi connectivity index (χ4v) is 2.61. The lowest BCUT2D eigenvalue weighted by atomic mass is 10.1. The number of nitrogens with zero attached hydrogens (tertiary/aromatic N) is 3. The molecule has 0 fully saturated rings. The second-order valence-corrected chi connectivity index (χ2v) is 5.29. The van der Waals surface area contributed by atoms with Gasteiger partial charge in [0.25, 0.3) is 11.8 Å². The van der Waals surface area contributed by atoms with Crippen molar-refractivity contribution in [3.63, 3.8) is 0 Å². The van der Waals surface area contributed by atoms with E-state index in [1.54, 1.807) is 36.4 Å². The number of carbonyl (C=O) groups is 3. The van der Waals surface area contributed by atoms with Gasteiger partial charge in [0.05, 0.1) is 23.0 Å². The standard InChI is InChI=1S/C18H11N3O4/c22-16-13-8-4-5-9-14(13)17(23)21(16)25-18(24)15-10-11-19-20(15)12-6-2-1-3-7-12/h1-11H. The first-order chi connectivity index (χ1) is 12.2. The van der Waals surface area contributed by atoms with Crippen LogP contribution in [0.5, 0.6) is 0 Å². The van der Waals surface area contributed by atoms with E-state index in [1.165, 1.54) is 29.1 Å². The van der Waals surface area contributed by atoms with Crippen molar-refractivity contribution in [3.8, 4) is 5.69 Å². The van der Waals surface area contributed by atoms with E-state index >= 15 is 0 Å². The molecule has 0 aliphatic carbocycles. The van der Waals surface area contributed by atoms with Gasteiger partial charge in [0, 0.05) is 0 Å². The second kappa shape index (κ2) is 5.72. The zero-order chi connectivity index (χ0) is 17.4. The molecule has 0 spiro atoms. The fourth-order valence-electron chi connectivity index (χ4n) is 2.61. The number of amides is 2. The molecule has 0 radical (unpaired) electrons. The number of hydrogen-bond acceptors (Lipinski definition) is 5. The van der Waals surface area contributed by atoms with Crippen LogP contribution < -0.4 is 0 Å². The van der Waals surface area contributed by atoms with Gasteiger partial charge in [0.15, 0.2) is 5.69 Å². The highest BCUT2D eigenvalue weighted by molar-refractivity contribution is 6.21. The lowest BCUT2D eigenvalue weighted by Crippen LogP contribution is -2.33. The summed E-state index contributed by atoms with van der Waals surface area (Å²) < 4.78 is 1.38. The highest BCUT2D eigenvalue weighted by atomic mass is 16.7. The number of benzene rings is 2. The topological polar surface area (TPSA) is 81.5 Å². The van der Waals surface area contributed by atoms with Gasteiger partial charge in [0.1, 0.15) is 0 Å². The van der Waals surface area contributed by atoms with Crippen molar-refractivity contribution in [2.24, 2.45) is 0 Å². The monoisotopic (exact) mass is 333 g/mol. The number of rotatable bonds is 3. The van der Waals surface area contributed by atoms with Gasteiger partial charge in [-0.25, -0.2) is 9.48 Å². The summed E-state index contributed by atoms with van der Waals surface area (Å²) in [5.74, 6) is -2.18. The van der Waals surface area contributed by atoms with Gasteiger partial charge in [-0.3, -0.25) is 9.59 Å². The normalized spacial score (nSPS) is 13.0. The zero-order valence-electron chi connectivity index (χ0n) is 12.8. The molecule has 25 heavy (non-hydrogen) atoms. The molecule has 4 rings (SSSR count). The lowest BCUT2D eigenvalue weighted by molar-refractivity contribution is -0.0590. The minimum absolute atomic E-state index is 0.0998. The van der Waals surface area contributed by atoms with E-state index in [2.05, 4.69) is 5.10 Å². The summed E-state index contributed by atoms with van der Waals surface area (Å²) in [6, 6.07) is 16.7. The number of fused-ring (bicyclic) bond motifs is 1. The molecule has 7 heteroatoms. The van der Waals surface area contributed by atoms with Gasteiger partial charge in [-0.15, -0.1) is 0 Å². The minimum atomic E-state index is -0.851. The Hall–Kier alpha value is -3.74. The summed E-state index contributed by atoms with van der Waals surface area (Å²) in [4.78, 5) is 42.1. The molecule has 0 saturated heterocycles. The molecule has 2 amide bonds. The van der Waals surface area contributed by atoms with Crippen LogP contribution in [0.4, 0.5) is 0 Å². The van der Waals surface area contributed by atoms with Crippen molar-refractivity contribution in [1.82, 2.24) is 14.8 Å². The van der Waals surface area contributed by atoms with Crippen LogP contribution in [-0.4, -0.2) is 32.6 Å².